The number of hydrogen-bond acceptors (Lipinski definition) is 5. The molecule has 1 amide bonds. The van der Waals surface area contributed by atoms with Crippen LogP contribution in [0.4, 0.5) is 0 Å². The average molecular weight is 449 g/mol. The molecule has 5 rings (SSSR count). The number of carbonyl (C=O) groups is 1. The van der Waals surface area contributed by atoms with Crippen LogP contribution in [0.25, 0.3) is 11.2 Å². The van der Waals surface area contributed by atoms with Gasteiger partial charge in [-0.1, -0.05) is 47.1 Å². The number of nitrogens with zero attached hydrogens (tertiary/aromatic N) is 5. The first kappa shape index (κ1) is 20.4. The first-order valence-electron chi connectivity index (χ1n) is 10.5. The van der Waals surface area contributed by atoms with E-state index in [1.54, 1.807) is 10.7 Å². The van der Waals surface area contributed by atoms with E-state index in [1.807, 2.05) is 53.4 Å². The summed E-state index contributed by atoms with van der Waals surface area (Å²) in [5.41, 5.74) is 1.90. The number of piperidine rings is 1. The summed E-state index contributed by atoms with van der Waals surface area (Å²) in [7, 11) is 0. The molecular weight excluding hydrogens is 428 g/mol. The molecule has 8 nitrogen and oxygen atoms in total. The summed E-state index contributed by atoms with van der Waals surface area (Å²) in [6.07, 6.45) is 1.67. The number of likely N-dealkylation sites (tertiary alicyclic amines) is 1. The summed E-state index contributed by atoms with van der Waals surface area (Å²) in [6, 6.07) is 16.7. The number of amides is 1. The fourth-order valence-corrected chi connectivity index (χ4v) is 4.35. The summed E-state index contributed by atoms with van der Waals surface area (Å²) >= 11 is 6.09. The van der Waals surface area contributed by atoms with Crippen LogP contribution in [0, 0.1) is 0 Å². The Kier molecular flexibility index (Phi) is 5.45. The summed E-state index contributed by atoms with van der Waals surface area (Å²) in [6.45, 7) is 1.58. The Morgan fingerprint density at radius 2 is 2.00 bits per heavy atom. The van der Waals surface area contributed by atoms with Gasteiger partial charge in [0.2, 0.25) is 0 Å². The van der Waals surface area contributed by atoms with E-state index in [1.165, 1.54) is 0 Å². The van der Waals surface area contributed by atoms with Gasteiger partial charge >= 0.3 is 0 Å². The largest absolute Gasteiger partial charge is 0.338 e. The van der Waals surface area contributed by atoms with E-state index in [9.17, 15) is 9.59 Å². The minimum Gasteiger partial charge on any atom is -0.338 e. The van der Waals surface area contributed by atoms with Gasteiger partial charge < -0.3 is 9.88 Å². The lowest BCUT2D eigenvalue weighted by Gasteiger charge is -2.32. The molecule has 1 atom stereocenters. The van der Waals surface area contributed by atoms with Gasteiger partial charge in [-0.3, -0.25) is 9.59 Å². The number of benzene rings is 2. The normalized spacial score (nSPS) is 16.4. The van der Waals surface area contributed by atoms with Crippen molar-refractivity contribution < 1.29 is 4.79 Å². The molecule has 1 saturated heterocycles. The second kappa shape index (κ2) is 8.55. The fourth-order valence-electron chi connectivity index (χ4n) is 4.14. The first-order valence-corrected chi connectivity index (χ1v) is 10.9. The van der Waals surface area contributed by atoms with Gasteiger partial charge in [0.15, 0.2) is 11.2 Å². The van der Waals surface area contributed by atoms with E-state index >= 15 is 0 Å². The predicted molar refractivity (Wildman–Crippen MR) is 121 cm³/mol. The number of halogens is 1. The van der Waals surface area contributed by atoms with Crippen molar-refractivity contribution in [2.75, 3.05) is 13.1 Å². The van der Waals surface area contributed by atoms with Crippen LogP contribution < -0.4 is 5.56 Å². The molecule has 1 unspecified atom stereocenters. The zero-order chi connectivity index (χ0) is 22.1. The zero-order valence-corrected chi connectivity index (χ0v) is 18.0. The van der Waals surface area contributed by atoms with Gasteiger partial charge in [-0.05, 0) is 42.7 Å². The molecule has 9 heteroatoms. The van der Waals surface area contributed by atoms with Crippen molar-refractivity contribution in [3.05, 3.63) is 86.9 Å². The third-order valence-electron chi connectivity index (χ3n) is 5.73. The molecule has 0 spiro atoms. The maximum atomic E-state index is 12.9. The Hall–Kier alpha value is -3.52. The Morgan fingerprint density at radius 3 is 2.81 bits per heavy atom. The molecule has 1 aliphatic rings. The van der Waals surface area contributed by atoms with Crippen LogP contribution in [0.1, 0.15) is 40.5 Å². The highest BCUT2D eigenvalue weighted by molar-refractivity contribution is 6.30. The van der Waals surface area contributed by atoms with Crippen LogP contribution in [0.5, 0.6) is 0 Å². The molecule has 162 valence electrons. The van der Waals surface area contributed by atoms with Crippen molar-refractivity contribution in [1.82, 2.24) is 29.9 Å². The molecule has 0 saturated carbocycles. The summed E-state index contributed by atoms with van der Waals surface area (Å²) in [4.78, 5) is 35.0. The van der Waals surface area contributed by atoms with Gasteiger partial charge in [0, 0.05) is 29.6 Å². The summed E-state index contributed by atoms with van der Waals surface area (Å²) in [5, 5.41) is 8.77. The van der Waals surface area contributed by atoms with E-state index < -0.39 is 0 Å². The number of rotatable bonds is 4. The molecule has 2 aromatic heterocycles. The van der Waals surface area contributed by atoms with Crippen LogP contribution in [0.2, 0.25) is 5.02 Å². The van der Waals surface area contributed by atoms with Crippen LogP contribution in [0.15, 0.2) is 59.4 Å². The van der Waals surface area contributed by atoms with Crippen LogP contribution in [-0.2, 0) is 6.54 Å². The highest BCUT2D eigenvalue weighted by atomic mass is 35.5. The van der Waals surface area contributed by atoms with Crippen LogP contribution in [-0.4, -0.2) is 48.9 Å². The Morgan fingerprint density at radius 1 is 1.16 bits per heavy atom. The number of carbonyl (C=O) groups excluding carboxylic acids is 1. The van der Waals surface area contributed by atoms with Gasteiger partial charge in [-0.15, -0.1) is 5.10 Å². The van der Waals surface area contributed by atoms with Crippen LogP contribution >= 0.6 is 11.6 Å². The van der Waals surface area contributed by atoms with E-state index in [2.05, 4.69) is 15.3 Å². The number of nitrogens with one attached hydrogen (secondary N) is 1. The number of fused-ring (bicyclic) bond motifs is 1. The van der Waals surface area contributed by atoms with Gasteiger partial charge in [-0.2, -0.15) is 0 Å². The minimum atomic E-state index is -0.325. The van der Waals surface area contributed by atoms with Crippen molar-refractivity contribution in [3.8, 4) is 0 Å². The van der Waals surface area contributed by atoms with Crippen molar-refractivity contribution in [2.45, 2.75) is 25.3 Å². The summed E-state index contributed by atoms with van der Waals surface area (Å²) < 4.78 is 1.61. The molecular formula is C23H21ClN6O2. The molecule has 32 heavy (non-hydrogen) atoms. The number of aromatic nitrogens is 5. The molecule has 1 N–H and O–H groups in total. The van der Waals surface area contributed by atoms with Gasteiger partial charge in [0.1, 0.15) is 5.82 Å². The Balaban J connectivity index is 1.43. The maximum absolute atomic E-state index is 12.9. The molecule has 0 radical (unpaired) electrons. The Labute approximate surface area is 188 Å². The van der Waals surface area contributed by atoms with E-state index in [0.717, 1.165) is 18.4 Å². The van der Waals surface area contributed by atoms with Gasteiger partial charge in [0.05, 0.1) is 6.54 Å². The van der Waals surface area contributed by atoms with Gasteiger partial charge in [-0.25, -0.2) is 9.67 Å². The second-order valence-corrected chi connectivity index (χ2v) is 8.39. The standard InChI is InChI=1S/C23H21ClN6O2/c24-18-10-4-6-15(12-18)13-30-21-19(27-28-30)22(31)26-20(25-21)17-9-5-11-29(14-17)23(32)16-7-2-1-3-8-16/h1-4,6-8,10,12,17H,5,9,11,13-14H2,(H,25,26,31). The molecule has 4 aromatic rings. The summed E-state index contributed by atoms with van der Waals surface area (Å²) in [5.74, 6) is 0.483. The average Bonchev–Trinajstić information content (AvgIpc) is 3.22. The van der Waals surface area contributed by atoms with Crippen molar-refractivity contribution >= 4 is 28.7 Å². The van der Waals surface area contributed by atoms with Gasteiger partial charge in [0.25, 0.3) is 11.5 Å². The smallest absolute Gasteiger partial charge is 0.281 e. The predicted octanol–water partition coefficient (Wildman–Crippen LogP) is 3.24. The number of H-pyrrole nitrogens is 1. The zero-order valence-electron chi connectivity index (χ0n) is 17.2. The Bertz CT molecular complexity index is 1330. The molecule has 1 aliphatic heterocycles. The lowest BCUT2D eigenvalue weighted by atomic mass is 9.96. The number of hydrogen-bond donors (Lipinski definition) is 1. The van der Waals surface area contributed by atoms with Crippen LogP contribution in [0.3, 0.4) is 0 Å². The maximum Gasteiger partial charge on any atom is 0.281 e. The van der Waals surface area contributed by atoms with E-state index in [4.69, 9.17) is 16.6 Å². The second-order valence-electron chi connectivity index (χ2n) is 7.96. The molecule has 0 aliphatic carbocycles. The molecule has 1 fully saturated rings. The lowest BCUT2D eigenvalue weighted by Crippen LogP contribution is -2.39. The minimum absolute atomic E-state index is 0.00797. The monoisotopic (exact) mass is 448 g/mol. The van der Waals surface area contributed by atoms with Crippen molar-refractivity contribution in [2.24, 2.45) is 0 Å². The topological polar surface area (TPSA) is 96.8 Å². The van der Waals surface area contributed by atoms with E-state index in [-0.39, 0.29) is 22.9 Å². The van der Waals surface area contributed by atoms with Crippen molar-refractivity contribution in [3.63, 3.8) is 0 Å². The molecule has 3 heterocycles. The highest BCUT2D eigenvalue weighted by Crippen LogP contribution is 2.26. The third-order valence-corrected chi connectivity index (χ3v) is 5.96. The van der Waals surface area contributed by atoms with Crippen molar-refractivity contribution in [1.29, 1.82) is 0 Å². The first-order chi connectivity index (χ1) is 15.6. The lowest BCUT2D eigenvalue weighted by molar-refractivity contribution is 0.0704. The quantitative estimate of drug-likeness (QED) is 0.517. The fraction of sp³-hybridized carbons (Fsp3) is 0.261. The molecule has 0 bridgehead atoms. The van der Waals surface area contributed by atoms with E-state index in [0.29, 0.717) is 41.7 Å². The number of aromatic amines is 1. The SMILES string of the molecule is O=C(c1ccccc1)N1CCCC(c2nc3c(nnn3Cc3cccc(Cl)c3)c(=O)[nH]2)C1. The molecule has 2 aromatic carbocycles. The highest BCUT2D eigenvalue weighted by Gasteiger charge is 2.28. The third kappa shape index (κ3) is 4.01.